The van der Waals surface area contributed by atoms with Crippen molar-refractivity contribution in [2.75, 3.05) is 6.61 Å². The van der Waals surface area contributed by atoms with Gasteiger partial charge in [-0.3, -0.25) is 9.32 Å². The predicted octanol–water partition coefficient (Wildman–Crippen LogP) is 0.855. The van der Waals surface area contributed by atoms with Crippen molar-refractivity contribution in [3.05, 3.63) is 35.4 Å². The monoisotopic (exact) mass is 373 g/mol. The van der Waals surface area contributed by atoms with Crippen molar-refractivity contribution in [3.8, 4) is 0 Å². The molecule has 1 aromatic rings. The number of fused-ring (bicyclic) bond motifs is 1. The van der Waals surface area contributed by atoms with E-state index in [1.54, 1.807) is 38.1 Å². The quantitative estimate of drug-likeness (QED) is 0.646. The molecule has 2 aliphatic heterocycles. The highest BCUT2D eigenvalue weighted by Gasteiger charge is 2.55. The van der Waals surface area contributed by atoms with Gasteiger partial charge in [0.15, 0.2) is 5.79 Å². The van der Waals surface area contributed by atoms with Crippen LogP contribution in [0.25, 0.3) is 0 Å². The van der Waals surface area contributed by atoms with Gasteiger partial charge in [0.1, 0.15) is 24.4 Å². The van der Waals surface area contributed by atoms with Crippen molar-refractivity contribution >= 4 is 13.7 Å². The summed E-state index contributed by atoms with van der Waals surface area (Å²) in [7, 11) is -4.64. The number of rotatable bonds is 5. The number of nitrogens with two attached hydrogens (primary N) is 1. The van der Waals surface area contributed by atoms with E-state index in [-0.39, 0.29) is 6.61 Å². The average molecular weight is 373 g/mol. The van der Waals surface area contributed by atoms with Crippen LogP contribution in [-0.4, -0.2) is 46.4 Å². The molecule has 4 N–H and O–H groups in total. The Morgan fingerprint density at radius 1 is 1.32 bits per heavy atom. The fourth-order valence-electron chi connectivity index (χ4n) is 3.12. The lowest BCUT2D eigenvalue weighted by Crippen LogP contribution is -2.32. The molecule has 1 amide bonds. The molecule has 2 heterocycles. The van der Waals surface area contributed by atoms with Crippen LogP contribution in [0.15, 0.2) is 24.3 Å². The van der Waals surface area contributed by atoms with E-state index in [9.17, 15) is 9.36 Å². The van der Waals surface area contributed by atoms with Gasteiger partial charge >= 0.3 is 7.82 Å². The number of carbonyl (C=O) groups excluding carboxylic acids is 1. The summed E-state index contributed by atoms with van der Waals surface area (Å²) in [6.07, 6.45) is -2.40. The number of primary amides is 1. The first-order valence-corrected chi connectivity index (χ1v) is 9.20. The third-order valence-corrected chi connectivity index (χ3v) is 4.54. The van der Waals surface area contributed by atoms with E-state index in [4.69, 9.17) is 29.7 Å². The summed E-state index contributed by atoms with van der Waals surface area (Å²) >= 11 is 0. The molecule has 2 fully saturated rings. The van der Waals surface area contributed by atoms with Gasteiger partial charge in [-0.25, -0.2) is 4.57 Å². The van der Waals surface area contributed by atoms with Crippen molar-refractivity contribution in [1.82, 2.24) is 0 Å². The molecule has 4 atom stereocenters. The van der Waals surface area contributed by atoms with Gasteiger partial charge in [0.2, 0.25) is 5.91 Å². The van der Waals surface area contributed by atoms with Crippen LogP contribution in [0.5, 0.6) is 0 Å². The first kappa shape index (κ1) is 18.5. The van der Waals surface area contributed by atoms with Gasteiger partial charge < -0.3 is 29.7 Å². The molecule has 1 unspecified atom stereocenters. The van der Waals surface area contributed by atoms with Crippen LogP contribution in [0, 0.1) is 0 Å². The summed E-state index contributed by atoms with van der Waals surface area (Å²) in [5.41, 5.74) is 6.30. The lowest BCUT2D eigenvalue weighted by Gasteiger charge is -2.24. The molecule has 0 saturated carbocycles. The van der Waals surface area contributed by atoms with Crippen molar-refractivity contribution < 1.29 is 37.9 Å². The second-order valence-corrected chi connectivity index (χ2v) is 7.68. The number of hydrogen-bond acceptors (Lipinski definition) is 6. The minimum Gasteiger partial charge on any atom is -0.366 e. The number of benzene rings is 1. The smallest absolute Gasteiger partial charge is 0.366 e. The summed E-state index contributed by atoms with van der Waals surface area (Å²) in [6.45, 7) is 3.13. The van der Waals surface area contributed by atoms with E-state index in [2.05, 4.69) is 4.52 Å². The van der Waals surface area contributed by atoms with Crippen molar-refractivity contribution in [2.45, 2.75) is 44.1 Å². The Labute approximate surface area is 144 Å². The summed E-state index contributed by atoms with van der Waals surface area (Å²) in [5.74, 6) is -1.44. The number of carbonyl (C=O) groups is 1. The number of hydrogen-bond donors (Lipinski definition) is 3. The van der Waals surface area contributed by atoms with Crippen LogP contribution in [0.4, 0.5) is 0 Å². The van der Waals surface area contributed by atoms with E-state index < -0.39 is 43.9 Å². The molecule has 0 aliphatic carbocycles. The zero-order valence-corrected chi connectivity index (χ0v) is 14.6. The zero-order valence-electron chi connectivity index (χ0n) is 13.7. The van der Waals surface area contributed by atoms with Crippen molar-refractivity contribution in [2.24, 2.45) is 5.73 Å². The maximum Gasteiger partial charge on any atom is 0.469 e. The Morgan fingerprint density at radius 2 is 2.00 bits per heavy atom. The summed E-state index contributed by atoms with van der Waals surface area (Å²) in [4.78, 5) is 29.2. The molecule has 0 radical (unpaired) electrons. The Morgan fingerprint density at radius 3 is 2.64 bits per heavy atom. The summed E-state index contributed by atoms with van der Waals surface area (Å²) in [5, 5.41) is 0. The Hall–Kier alpha value is -1.32. The van der Waals surface area contributed by atoms with Crippen LogP contribution in [0.2, 0.25) is 0 Å². The molecule has 3 rings (SSSR count). The SMILES string of the molecule is CC1(C)OC2[C@@H](O1)[C@@H](COP(=O)(O)O)O[C@H]2c1cccc(C(N)=O)c1. The summed E-state index contributed by atoms with van der Waals surface area (Å²) < 4.78 is 33.1. The normalized spacial score (nSPS) is 31.0. The Balaban J connectivity index is 1.86. The van der Waals surface area contributed by atoms with Gasteiger partial charge in [-0.05, 0) is 31.5 Å². The van der Waals surface area contributed by atoms with Crippen LogP contribution < -0.4 is 5.73 Å². The van der Waals surface area contributed by atoms with E-state index in [1.165, 1.54) is 0 Å². The lowest BCUT2D eigenvalue weighted by atomic mass is 10.00. The molecular formula is C15H20NO8P. The summed E-state index contributed by atoms with van der Waals surface area (Å²) in [6, 6.07) is 6.62. The fraction of sp³-hybridized carbons (Fsp3) is 0.533. The van der Waals surface area contributed by atoms with Gasteiger partial charge in [0.05, 0.1) is 6.61 Å². The van der Waals surface area contributed by atoms with E-state index in [0.29, 0.717) is 11.1 Å². The van der Waals surface area contributed by atoms with Crippen LogP contribution >= 0.6 is 7.82 Å². The molecule has 2 saturated heterocycles. The maximum absolute atomic E-state index is 11.4. The van der Waals surface area contributed by atoms with Crippen LogP contribution in [0.3, 0.4) is 0 Å². The zero-order chi connectivity index (χ0) is 18.4. The molecular weight excluding hydrogens is 353 g/mol. The molecule has 10 heteroatoms. The highest BCUT2D eigenvalue weighted by Crippen LogP contribution is 2.46. The highest BCUT2D eigenvalue weighted by atomic mass is 31.2. The fourth-order valence-corrected chi connectivity index (χ4v) is 3.47. The molecule has 0 spiro atoms. The van der Waals surface area contributed by atoms with Crippen LogP contribution in [0.1, 0.15) is 35.9 Å². The van der Waals surface area contributed by atoms with Gasteiger partial charge in [-0.2, -0.15) is 0 Å². The van der Waals surface area contributed by atoms with Crippen LogP contribution in [-0.2, 0) is 23.3 Å². The minimum atomic E-state index is -4.64. The first-order valence-electron chi connectivity index (χ1n) is 7.67. The lowest BCUT2D eigenvalue weighted by molar-refractivity contribution is -0.190. The topological polar surface area (TPSA) is 138 Å². The average Bonchev–Trinajstić information content (AvgIpc) is 2.97. The third-order valence-electron chi connectivity index (χ3n) is 4.06. The molecule has 25 heavy (non-hydrogen) atoms. The number of ether oxygens (including phenoxy) is 3. The van der Waals surface area contributed by atoms with Gasteiger partial charge in [-0.1, -0.05) is 12.1 Å². The minimum absolute atomic E-state index is 0.325. The molecule has 9 nitrogen and oxygen atoms in total. The van der Waals surface area contributed by atoms with Gasteiger partial charge in [0.25, 0.3) is 0 Å². The second-order valence-electron chi connectivity index (χ2n) is 6.44. The van der Waals surface area contributed by atoms with E-state index in [0.717, 1.165) is 0 Å². The molecule has 2 aliphatic rings. The molecule has 0 aromatic heterocycles. The standard InChI is InChI=1S/C15H20NO8P/c1-15(2)23-12-10(7-21-25(18,19)20)22-11(13(12)24-15)8-4-3-5-9(6-8)14(16)17/h3-6,10-13H,7H2,1-2H3,(H2,16,17)(H2,18,19,20)/t10-,11+,12+,13?/m1/s1. The van der Waals surface area contributed by atoms with E-state index >= 15 is 0 Å². The van der Waals surface area contributed by atoms with Gasteiger partial charge in [0, 0.05) is 5.56 Å². The highest BCUT2D eigenvalue weighted by molar-refractivity contribution is 7.46. The number of phosphoric ester groups is 1. The van der Waals surface area contributed by atoms with Crippen molar-refractivity contribution in [1.29, 1.82) is 0 Å². The molecule has 1 aromatic carbocycles. The van der Waals surface area contributed by atoms with E-state index in [1.807, 2.05) is 0 Å². The second kappa shape index (κ2) is 6.44. The number of amides is 1. The Bertz CT molecular complexity index is 717. The van der Waals surface area contributed by atoms with Crippen molar-refractivity contribution in [3.63, 3.8) is 0 Å². The molecule has 0 bridgehead atoms. The largest absolute Gasteiger partial charge is 0.469 e. The first-order chi connectivity index (χ1) is 11.6. The third kappa shape index (κ3) is 4.09. The van der Waals surface area contributed by atoms with Gasteiger partial charge in [-0.15, -0.1) is 0 Å². The molecule has 138 valence electrons. The Kier molecular flexibility index (Phi) is 4.76. The maximum atomic E-state index is 11.4. The predicted molar refractivity (Wildman–Crippen MR) is 84.4 cm³/mol. The number of phosphoric acid groups is 1.